The zero-order chi connectivity index (χ0) is 55.5. The Hall–Kier alpha value is -5.30. The van der Waals surface area contributed by atoms with Crippen molar-refractivity contribution in [3.05, 3.63) is 0 Å². The number of hydrogen-bond acceptors (Lipinski definition) is 11. The van der Waals surface area contributed by atoms with Crippen LogP contribution in [0.5, 0.6) is 0 Å². The van der Waals surface area contributed by atoms with Gasteiger partial charge >= 0.3 is 17.9 Å². The maximum Gasteiger partial charge on any atom is 0.328 e. The van der Waals surface area contributed by atoms with Gasteiger partial charge in [-0.25, -0.2) is 4.79 Å². The number of carbonyl (C=O) groups is 10. The summed E-state index contributed by atoms with van der Waals surface area (Å²) in [4.78, 5) is 135. The van der Waals surface area contributed by atoms with E-state index in [2.05, 4.69) is 58.0 Å². The highest BCUT2D eigenvalue weighted by atomic mass is 16.5. The van der Waals surface area contributed by atoms with E-state index in [0.717, 1.165) is 44.9 Å². The number of rotatable bonds is 24. The fraction of sp³-hybridized carbons (Fsp3) is 0.811. The van der Waals surface area contributed by atoms with Gasteiger partial charge in [0.05, 0.1) is 12.8 Å². The lowest BCUT2D eigenvalue weighted by molar-refractivity contribution is -0.155. The summed E-state index contributed by atoms with van der Waals surface area (Å²) in [6.07, 6.45) is 6.14. The summed E-state index contributed by atoms with van der Waals surface area (Å²) in [5, 5.41) is 37.4. The van der Waals surface area contributed by atoms with Gasteiger partial charge in [-0.2, -0.15) is 0 Å². The Labute approximate surface area is 434 Å². The highest BCUT2D eigenvalue weighted by Crippen LogP contribution is 2.22. The molecule has 0 aromatic carbocycles. The quantitative estimate of drug-likeness (QED) is 0.0453. The first kappa shape index (κ1) is 65.7. The number of ether oxygens (including phenoxy) is 1. The van der Waals surface area contributed by atoms with Gasteiger partial charge in [0.25, 0.3) is 0 Å². The molecule has 20 heteroatoms. The number of unbranched alkanes of at least 4 members (excludes halogenated alkanes) is 5. The highest BCUT2D eigenvalue weighted by molar-refractivity contribution is 5.98. The summed E-state index contributed by atoms with van der Waals surface area (Å²) < 4.78 is 6.04. The van der Waals surface area contributed by atoms with Crippen molar-refractivity contribution < 1.29 is 62.9 Å². The molecule has 9 N–H and O–H groups in total. The van der Waals surface area contributed by atoms with E-state index in [9.17, 15) is 58.2 Å². The minimum Gasteiger partial charge on any atom is -0.481 e. The SMILES string of the molecule is CC[C@@H](C)C[C@@H](C)CCCCCCCC[C@@H]1CC(=O)N[C@@H](CCC(=O)O)C(=O)N[C@H](C(C)C)C(=O)N[C@@H](CC(C)C)C(=O)N[C@@H](C)C(=O)N[C@H](CC(=O)O)C(=O)N[C@@H](CC(C)C)C(=O)N[C@H](CC(C)C)C(=O)O1. The van der Waals surface area contributed by atoms with Gasteiger partial charge in [-0.3, -0.25) is 43.2 Å². The molecule has 0 spiro atoms. The third-order valence-electron chi connectivity index (χ3n) is 13.0. The van der Waals surface area contributed by atoms with E-state index in [1.807, 2.05) is 13.8 Å². The van der Waals surface area contributed by atoms with Gasteiger partial charge in [0, 0.05) is 6.42 Å². The van der Waals surface area contributed by atoms with Crippen LogP contribution in [0.3, 0.4) is 0 Å². The molecule has 0 radical (unpaired) electrons. The van der Waals surface area contributed by atoms with Gasteiger partial charge in [0.2, 0.25) is 41.4 Å². The lowest BCUT2D eigenvalue weighted by atomic mass is 9.91. The van der Waals surface area contributed by atoms with Crippen LogP contribution in [0.15, 0.2) is 0 Å². The van der Waals surface area contributed by atoms with E-state index in [1.165, 1.54) is 13.3 Å². The maximum atomic E-state index is 14.2. The summed E-state index contributed by atoms with van der Waals surface area (Å²) in [6.45, 7) is 22.1. The molecule has 0 unspecified atom stereocenters. The molecule has 1 rings (SSSR count). The Morgan fingerprint density at radius 1 is 0.534 bits per heavy atom. The molecule has 0 aromatic heterocycles. The molecule has 20 nitrogen and oxygen atoms in total. The molecule has 0 saturated carbocycles. The van der Waals surface area contributed by atoms with E-state index >= 15 is 0 Å². The first-order valence-electron chi connectivity index (χ1n) is 26.9. The van der Waals surface area contributed by atoms with E-state index in [1.54, 1.807) is 41.5 Å². The number of amides is 7. The summed E-state index contributed by atoms with van der Waals surface area (Å²) in [5.41, 5.74) is 0. The first-order chi connectivity index (χ1) is 34.1. The normalized spacial score (nSPS) is 24.8. The topological polar surface area (TPSA) is 305 Å². The molecule has 1 aliphatic heterocycles. The van der Waals surface area contributed by atoms with Gasteiger partial charge in [0.1, 0.15) is 48.4 Å². The number of nitrogens with one attached hydrogen (secondary N) is 7. The molecule has 418 valence electrons. The Kier molecular flexibility index (Phi) is 30.8. The number of cyclic esters (lactones) is 1. The monoisotopic (exact) mass is 1040 g/mol. The molecule has 1 aliphatic rings. The molecular weight excluding hydrogens is 943 g/mol. The standard InChI is InChI=1S/C53H93N7O13/c1-13-34(10)27-35(11)20-18-16-14-15-17-19-21-37-28-43(61)55-38(22-23-44(62)63)48(67)60-46(33(8)9)52(71)58-39(24-30(2)3)49(68)54-36(12)47(66)56-41(29-45(64)65)51(70)57-40(25-31(4)5)50(69)59-42(26-32(6)7)53(72)73-37/h30-42,46H,13-29H2,1-12H3,(H,54,68)(H,55,61)(H,56,66)(H,57,70)(H,58,71)(H,59,69)(H,60,67)(H,62,63)(H,64,65)/t34-,35+,36+,37-,38+,39+,40+,41-,42-,46-/m1/s1. The van der Waals surface area contributed by atoms with Crippen LogP contribution in [-0.4, -0.2) is 118 Å². The largest absolute Gasteiger partial charge is 0.481 e. The number of carboxylic acids is 2. The Morgan fingerprint density at radius 2 is 1.01 bits per heavy atom. The van der Waals surface area contributed by atoms with Crippen LogP contribution in [0.1, 0.15) is 192 Å². The summed E-state index contributed by atoms with van der Waals surface area (Å²) in [7, 11) is 0. The van der Waals surface area contributed by atoms with Crippen LogP contribution in [0.2, 0.25) is 0 Å². The van der Waals surface area contributed by atoms with Gasteiger partial charge in [0.15, 0.2) is 0 Å². The van der Waals surface area contributed by atoms with Crippen molar-refractivity contribution in [2.75, 3.05) is 0 Å². The number of carboxylic acid groups (broad SMARTS) is 2. The number of esters is 1. The minimum atomic E-state index is -1.71. The number of hydrogen-bond donors (Lipinski definition) is 9. The summed E-state index contributed by atoms with van der Waals surface area (Å²) in [6, 6.07) is -9.67. The molecular formula is C53H93N7O13. The minimum absolute atomic E-state index is 0.0400. The van der Waals surface area contributed by atoms with Crippen LogP contribution in [0.25, 0.3) is 0 Å². The first-order valence-corrected chi connectivity index (χ1v) is 26.9. The molecule has 7 amide bonds. The second kappa shape index (κ2) is 34.2. The maximum absolute atomic E-state index is 14.2. The van der Waals surface area contributed by atoms with Gasteiger partial charge in [-0.05, 0) is 87.4 Å². The Balaban J connectivity index is 3.79. The fourth-order valence-corrected chi connectivity index (χ4v) is 8.74. The molecule has 10 atom stereocenters. The van der Waals surface area contributed by atoms with Crippen LogP contribution >= 0.6 is 0 Å². The lowest BCUT2D eigenvalue weighted by Crippen LogP contribution is -2.60. The average Bonchev–Trinajstić information content (AvgIpc) is 3.27. The zero-order valence-corrected chi connectivity index (χ0v) is 46.0. The molecule has 1 saturated heterocycles. The zero-order valence-electron chi connectivity index (χ0n) is 46.0. The predicted octanol–water partition coefficient (Wildman–Crippen LogP) is 5.04. The second-order valence-electron chi connectivity index (χ2n) is 22.1. The lowest BCUT2D eigenvalue weighted by Gasteiger charge is -2.28. The van der Waals surface area contributed by atoms with Crippen LogP contribution in [-0.2, 0) is 52.7 Å². The van der Waals surface area contributed by atoms with Crippen molar-refractivity contribution in [2.45, 2.75) is 241 Å². The van der Waals surface area contributed by atoms with Crippen molar-refractivity contribution in [2.24, 2.45) is 35.5 Å². The van der Waals surface area contributed by atoms with Crippen molar-refractivity contribution in [1.82, 2.24) is 37.2 Å². The van der Waals surface area contributed by atoms with Crippen LogP contribution in [0, 0.1) is 35.5 Å². The Bertz CT molecular complexity index is 1810. The molecule has 1 heterocycles. The van der Waals surface area contributed by atoms with Gasteiger partial charge < -0.3 is 52.2 Å². The second-order valence-corrected chi connectivity index (χ2v) is 22.1. The number of aliphatic carboxylic acids is 2. The molecule has 0 aromatic rings. The van der Waals surface area contributed by atoms with Crippen molar-refractivity contribution in [3.63, 3.8) is 0 Å². The third-order valence-corrected chi connectivity index (χ3v) is 13.0. The highest BCUT2D eigenvalue weighted by Gasteiger charge is 2.36. The van der Waals surface area contributed by atoms with Crippen molar-refractivity contribution >= 4 is 59.3 Å². The molecule has 0 aliphatic carbocycles. The third kappa shape index (κ3) is 27.5. The van der Waals surface area contributed by atoms with Gasteiger partial charge in [-0.15, -0.1) is 0 Å². The molecule has 73 heavy (non-hydrogen) atoms. The molecule has 1 fully saturated rings. The fourth-order valence-electron chi connectivity index (χ4n) is 8.74. The average molecular weight is 1040 g/mol. The summed E-state index contributed by atoms with van der Waals surface area (Å²) in [5.74, 6) is -9.30. The Morgan fingerprint density at radius 3 is 1.55 bits per heavy atom. The van der Waals surface area contributed by atoms with Crippen LogP contribution < -0.4 is 37.2 Å². The van der Waals surface area contributed by atoms with Crippen molar-refractivity contribution in [3.8, 4) is 0 Å². The summed E-state index contributed by atoms with van der Waals surface area (Å²) >= 11 is 0. The predicted molar refractivity (Wildman–Crippen MR) is 276 cm³/mol. The van der Waals surface area contributed by atoms with Crippen molar-refractivity contribution in [1.29, 1.82) is 0 Å². The number of carbonyl (C=O) groups excluding carboxylic acids is 8. The van der Waals surface area contributed by atoms with E-state index in [4.69, 9.17) is 4.74 Å². The smallest absolute Gasteiger partial charge is 0.328 e. The molecule has 0 bridgehead atoms. The van der Waals surface area contributed by atoms with Gasteiger partial charge in [-0.1, -0.05) is 121 Å². The van der Waals surface area contributed by atoms with Crippen LogP contribution in [0.4, 0.5) is 0 Å². The van der Waals surface area contributed by atoms with E-state index in [0.29, 0.717) is 18.3 Å². The van der Waals surface area contributed by atoms with E-state index < -0.39 is 133 Å². The van der Waals surface area contributed by atoms with E-state index in [-0.39, 0.29) is 49.9 Å².